The Morgan fingerprint density at radius 3 is 2.34 bits per heavy atom. The number of hydrogen-bond acceptors (Lipinski definition) is 6. The van der Waals surface area contributed by atoms with E-state index in [9.17, 15) is 13.2 Å². The van der Waals surface area contributed by atoms with Crippen LogP contribution in [-0.4, -0.2) is 24.5 Å². The fourth-order valence-electron chi connectivity index (χ4n) is 3.14. The standard InChI is InChI=1S/C22H23ClN4O4S/c1-13(2)19(22-25-20(26-31-22)14-3-4-14)24-21(28)15-5-11-18(12-6-15)32(29,30)27-17-9-7-16(23)8-10-17/h5-14,19,27H,3-4H2,1-2H3,(H,24,28). The molecule has 1 unspecified atom stereocenters. The largest absolute Gasteiger partial charge is 0.340 e. The molecule has 0 radical (unpaired) electrons. The molecule has 1 aromatic heterocycles. The maximum absolute atomic E-state index is 12.8. The van der Waals surface area contributed by atoms with Gasteiger partial charge >= 0.3 is 0 Å². The number of carbonyl (C=O) groups excluding carboxylic acids is 1. The average Bonchev–Trinajstić information content (AvgIpc) is 3.50. The summed E-state index contributed by atoms with van der Waals surface area (Å²) in [4.78, 5) is 17.3. The zero-order chi connectivity index (χ0) is 22.9. The van der Waals surface area contributed by atoms with E-state index in [-0.39, 0.29) is 16.7 Å². The van der Waals surface area contributed by atoms with Crippen molar-refractivity contribution in [1.82, 2.24) is 15.5 Å². The molecule has 0 saturated heterocycles. The van der Waals surface area contributed by atoms with Crippen molar-refractivity contribution in [2.45, 2.75) is 43.5 Å². The van der Waals surface area contributed by atoms with Crippen molar-refractivity contribution in [2.24, 2.45) is 5.92 Å². The second kappa shape index (κ2) is 8.91. The molecule has 1 heterocycles. The minimum atomic E-state index is -3.81. The third-order valence-electron chi connectivity index (χ3n) is 5.14. The van der Waals surface area contributed by atoms with E-state index in [0.717, 1.165) is 12.8 Å². The van der Waals surface area contributed by atoms with Crippen LogP contribution in [0.4, 0.5) is 5.69 Å². The first-order valence-electron chi connectivity index (χ1n) is 10.3. The molecule has 1 atom stereocenters. The van der Waals surface area contributed by atoms with Crippen LogP contribution in [0.2, 0.25) is 5.02 Å². The second-order valence-corrected chi connectivity index (χ2v) is 10.2. The molecule has 168 valence electrons. The normalized spacial score (nSPS) is 14.9. The monoisotopic (exact) mass is 474 g/mol. The number of benzene rings is 2. The number of aromatic nitrogens is 2. The van der Waals surface area contributed by atoms with Crippen LogP contribution >= 0.6 is 11.6 Å². The van der Waals surface area contributed by atoms with Gasteiger partial charge in [-0.3, -0.25) is 9.52 Å². The van der Waals surface area contributed by atoms with E-state index < -0.39 is 16.1 Å². The van der Waals surface area contributed by atoms with Crippen LogP contribution in [0.5, 0.6) is 0 Å². The zero-order valence-electron chi connectivity index (χ0n) is 17.6. The van der Waals surface area contributed by atoms with Crippen LogP contribution in [0.1, 0.15) is 60.7 Å². The van der Waals surface area contributed by atoms with Crippen molar-refractivity contribution in [1.29, 1.82) is 0 Å². The van der Waals surface area contributed by atoms with Gasteiger partial charge in [-0.25, -0.2) is 8.42 Å². The number of hydrogen-bond donors (Lipinski definition) is 2. The van der Waals surface area contributed by atoms with E-state index in [1.807, 2.05) is 13.8 Å². The quantitative estimate of drug-likeness (QED) is 0.495. The summed E-state index contributed by atoms with van der Waals surface area (Å²) < 4.78 is 33.1. The van der Waals surface area contributed by atoms with Gasteiger partial charge in [0, 0.05) is 22.2 Å². The summed E-state index contributed by atoms with van der Waals surface area (Å²) in [7, 11) is -3.81. The number of anilines is 1. The molecule has 0 aliphatic heterocycles. The van der Waals surface area contributed by atoms with Gasteiger partial charge in [0.15, 0.2) is 5.82 Å². The Hall–Kier alpha value is -2.91. The van der Waals surface area contributed by atoms with Gasteiger partial charge in [0.25, 0.3) is 15.9 Å². The molecule has 1 aliphatic carbocycles. The Morgan fingerprint density at radius 2 is 1.75 bits per heavy atom. The first kappa shape index (κ1) is 22.3. The van der Waals surface area contributed by atoms with Gasteiger partial charge in [0.05, 0.1) is 4.90 Å². The summed E-state index contributed by atoms with van der Waals surface area (Å²) in [5, 5.41) is 7.44. The summed E-state index contributed by atoms with van der Waals surface area (Å²) in [5.41, 5.74) is 0.712. The molecule has 0 spiro atoms. The molecule has 1 fully saturated rings. The molecular formula is C22H23ClN4O4S. The number of carbonyl (C=O) groups is 1. The number of rotatable bonds is 8. The van der Waals surface area contributed by atoms with Crippen molar-refractivity contribution in [3.8, 4) is 0 Å². The molecule has 10 heteroatoms. The van der Waals surface area contributed by atoms with E-state index >= 15 is 0 Å². The van der Waals surface area contributed by atoms with Crippen LogP contribution in [0.25, 0.3) is 0 Å². The van der Waals surface area contributed by atoms with Gasteiger partial charge in [-0.2, -0.15) is 4.98 Å². The van der Waals surface area contributed by atoms with Crippen molar-refractivity contribution in [3.63, 3.8) is 0 Å². The number of nitrogens with zero attached hydrogens (tertiary/aromatic N) is 2. The molecule has 0 bridgehead atoms. The molecule has 1 aliphatic rings. The molecule has 3 aromatic rings. The first-order valence-corrected chi connectivity index (χ1v) is 12.1. The molecule has 4 rings (SSSR count). The summed E-state index contributed by atoms with van der Waals surface area (Å²) in [6.07, 6.45) is 2.11. The number of halogens is 1. The summed E-state index contributed by atoms with van der Waals surface area (Å²) in [6.45, 7) is 3.90. The van der Waals surface area contributed by atoms with E-state index in [0.29, 0.717) is 33.9 Å². The Bertz CT molecular complexity index is 1200. The van der Waals surface area contributed by atoms with E-state index in [1.54, 1.807) is 24.3 Å². The number of amides is 1. The van der Waals surface area contributed by atoms with E-state index in [2.05, 4.69) is 20.2 Å². The Kier molecular flexibility index (Phi) is 6.21. The average molecular weight is 475 g/mol. The highest BCUT2D eigenvalue weighted by Crippen LogP contribution is 2.38. The van der Waals surface area contributed by atoms with Gasteiger partial charge in [-0.15, -0.1) is 0 Å². The first-order chi connectivity index (χ1) is 15.2. The van der Waals surface area contributed by atoms with Crippen molar-refractivity contribution >= 4 is 33.2 Å². The maximum Gasteiger partial charge on any atom is 0.261 e. The smallest absolute Gasteiger partial charge is 0.261 e. The predicted molar refractivity (Wildman–Crippen MR) is 120 cm³/mol. The Morgan fingerprint density at radius 1 is 1.09 bits per heavy atom. The van der Waals surface area contributed by atoms with Gasteiger partial charge in [-0.05, 0) is 67.3 Å². The van der Waals surface area contributed by atoms with Crippen LogP contribution in [-0.2, 0) is 10.0 Å². The van der Waals surface area contributed by atoms with Gasteiger partial charge < -0.3 is 9.84 Å². The maximum atomic E-state index is 12.8. The summed E-state index contributed by atoms with van der Waals surface area (Å²) in [5.74, 6) is 1.08. The topological polar surface area (TPSA) is 114 Å². The summed E-state index contributed by atoms with van der Waals surface area (Å²) in [6, 6.07) is 11.6. The SMILES string of the molecule is CC(C)C(NC(=O)c1ccc(S(=O)(=O)Nc2ccc(Cl)cc2)cc1)c1nc(C2CC2)no1. The molecule has 32 heavy (non-hydrogen) atoms. The zero-order valence-corrected chi connectivity index (χ0v) is 19.2. The molecule has 8 nitrogen and oxygen atoms in total. The molecule has 1 amide bonds. The molecule has 2 N–H and O–H groups in total. The van der Waals surface area contributed by atoms with Crippen molar-refractivity contribution < 1.29 is 17.7 Å². The fraction of sp³-hybridized carbons (Fsp3) is 0.318. The lowest BCUT2D eigenvalue weighted by Gasteiger charge is -2.18. The lowest BCUT2D eigenvalue weighted by molar-refractivity contribution is 0.0914. The third-order valence-corrected chi connectivity index (χ3v) is 6.79. The highest BCUT2D eigenvalue weighted by molar-refractivity contribution is 7.92. The summed E-state index contributed by atoms with van der Waals surface area (Å²) >= 11 is 5.83. The minimum Gasteiger partial charge on any atom is -0.340 e. The van der Waals surface area contributed by atoms with Gasteiger partial charge in [-0.1, -0.05) is 30.6 Å². The van der Waals surface area contributed by atoms with Crippen LogP contribution in [0, 0.1) is 5.92 Å². The lowest BCUT2D eigenvalue weighted by Crippen LogP contribution is -2.32. The molecule has 2 aromatic carbocycles. The number of nitrogens with one attached hydrogen (secondary N) is 2. The predicted octanol–water partition coefficient (Wildman–Crippen LogP) is 4.53. The van der Waals surface area contributed by atoms with Gasteiger partial charge in [0.1, 0.15) is 6.04 Å². The molecule has 1 saturated carbocycles. The lowest BCUT2D eigenvalue weighted by atomic mass is 10.0. The van der Waals surface area contributed by atoms with Crippen LogP contribution in [0.3, 0.4) is 0 Å². The fourth-order valence-corrected chi connectivity index (χ4v) is 4.32. The number of sulfonamides is 1. The highest BCUT2D eigenvalue weighted by atomic mass is 35.5. The highest BCUT2D eigenvalue weighted by Gasteiger charge is 2.31. The molecular weight excluding hydrogens is 452 g/mol. The van der Waals surface area contributed by atoms with E-state index in [1.165, 1.54) is 24.3 Å². The van der Waals surface area contributed by atoms with Crippen molar-refractivity contribution in [3.05, 3.63) is 70.8 Å². The third kappa shape index (κ3) is 5.11. The van der Waals surface area contributed by atoms with Crippen LogP contribution in [0.15, 0.2) is 57.9 Å². The van der Waals surface area contributed by atoms with Gasteiger partial charge in [0.2, 0.25) is 5.89 Å². The Balaban J connectivity index is 1.46. The van der Waals surface area contributed by atoms with E-state index in [4.69, 9.17) is 16.1 Å². The van der Waals surface area contributed by atoms with Crippen LogP contribution < -0.4 is 10.0 Å². The minimum absolute atomic E-state index is 0.0229. The Labute approximate surface area is 191 Å². The second-order valence-electron chi connectivity index (χ2n) is 8.10. The van der Waals surface area contributed by atoms with Crippen molar-refractivity contribution in [2.75, 3.05) is 4.72 Å².